The molecule has 0 aromatic carbocycles. The van der Waals surface area contributed by atoms with Crippen molar-refractivity contribution in [2.24, 2.45) is 0 Å². The topological polar surface area (TPSA) is 63.4 Å². The highest BCUT2D eigenvalue weighted by molar-refractivity contribution is 4.64. The fourth-order valence-corrected chi connectivity index (χ4v) is 0.335. The largest absolute Gasteiger partial charge is 0.381 e. The highest BCUT2D eigenvalue weighted by Gasteiger charge is 2.31. The number of alkyl halides is 2. The molecule has 0 amide bonds. The maximum Gasteiger partial charge on any atom is 0.270 e. The van der Waals surface area contributed by atoms with E-state index >= 15 is 0 Å². The molecule has 0 aliphatic rings. The summed E-state index contributed by atoms with van der Waals surface area (Å²) < 4.78 is 23.0. The monoisotopic (exact) mass is 155 g/mol. The lowest BCUT2D eigenvalue weighted by Gasteiger charge is -2.09. The molecule has 0 rings (SSSR count). The molecule has 10 heavy (non-hydrogen) atoms. The van der Waals surface area contributed by atoms with E-state index in [0.29, 0.717) is 0 Å². The second-order valence-corrected chi connectivity index (χ2v) is 1.85. The maximum absolute atomic E-state index is 11.5. The molecule has 0 heterocycles. The first-order valence-corrected chi connectivity index (χ1v) is 2.56. The summed E-state index contributed by atoms with van der Waals surface area (Å²) >= 11 is 0. The minimum atomic E-state index is -3.06. The standard InChI is InChI=1S/C4H7F2NO3/c1-2(7(9)10)3(8)4(5)6/h2-4,8H,1H3/t2-,3+/m0/s1. The van der Waals surface area contributed by atoms with Crippen molar-refractivity contribution in [3.8, 4) is 0 Å². The molecule has 4 nitrogen and oxygen atoms in total. The summed E-state index contributed by atoms with van der Waals surface area (Å²) in [6, 6.07) is -1.61. The summed E-state index contributed by atoms with van der Waals surface area (Å²) in [5, 5.41) is 18.1. The molecule has 0 bridgehead atoms. The molecule has 60 valence electrons. The highest BCUT2D eigenvalue weighted by atomic mass is 19.3. The molecular weight excluding hydrogens is 148 g/mol. The third-order valence-corrected chi connectivity index (χ3v) is 1.08. The number of rotatable bonds is 3. The number of halogens is 2. The van der Waals surface area contributed by atoms with Gasteiger partial charge in [0.25, 0.3) is 6.43 Å². The molecule has 0 saturated carbocycles. The summed E-state index contributed by atoms with van der Waals surface area (Å²) in [4.78, 5) is 8.81. The molecule has 0 radical (unpaired) electrons. The first kappa shape index (κ1) is 9.22. The Balaban J connectivity index is 3.94. The van der Waals surface area contributed by atoms with E-state index in [2.05, 4.69) is 0 Å². The van der Waals surface area contributed by atoms with E-state index in [1.165, 1.54) is 0 Å². The molecule has 0 aliphatic heterocycles. The van der Waals surface area contributed by atoms with Crippen molar-refractivity contribution in [3.05, 3.63) is 10.1 Å². The Morgan fingerprint density at radius 1 is 1.60 bits per heavy atom. The molecule has 0 fully saturated rings. The molecule has 6 heteroatoms. The minimum Gasteiger partial charge on any atom is -0.381 e. The van der Waals surface area contributed by atoms with Crippen molar-refractivity contribution >= 4 is 0 Å². The van der Waals surface area contributed by atoms with Crippen LogP contribution < -0.4 is 0 Å². The van der Waals surface area contributed by atoms with E-state index in [1.807, 2.05) is 0 Å². The fraction of sp³-hybridized carbons (Fsp3) is 1.00. The predicted octanol–water partition coefficient (Wildman–Crippen LogP) is 0.278. The first-order chi connectivity index (χ1) is 4.46. The lowest BCUT2D eigenvalue weighted by Crippen LogP contribution is -2.36. The maximum atomic E-state index is 11.5. The van der Waals surface area contributed by atoms with Gasteiger partial charge in [0.15, 0.2) is 6.10 Å². The Hall–Kier alpha value is -0.780. The lowest BCUT2D eigenvalue weighted by atomic mass is 10.2. The number of aliphatic hydroxyl groups excluding tert-OH is 1. The third kappa shape index (κ3) is 2.22. The normalized spacial score (nSPS) is 16.9. The van der Waals surface area contributed by atoms with E-state index in [0.717, 1.165) is 6.92 Å². The van der Waals surface area contributed by atoms with E-state index in [4.69, 9.17) is 5.11 Å². The van der Waals surface area contributed by atoms with E-state index < -0.39 is 23.5 Å². The quantitative estimate of drug-likeness (QED) is 0.470. The zero-order chi connectivity index (χ0) is 8.31. The van der Waals surface area contributed by atoms with Crippen LogP contribution in [0.2, 0.25) is 0 Å². The summed E-state index contributed by atoms with van der Waals surface area (Å²) in [6.07, 6.45) is -5.23. The Morgan fingerprint density at radius 2 is 2.00 bits per heavy atom. The van der Waals surface area contributed by atoms with Crippen LogP contribution in [0.15, 0.2) is 0 Å². The van der Waals surface area contributed by atoms with Crippen molar-refractivity contribution < 1.29 is 18.8 Å². The van der Waals surface area contributed by atoms with Gasteiger partial charge in [-0.05, 0) is 0 Å². The van der Waals surface area contributed by atoms with E-state index in [-0.39, 0.29) is 0 Å². The van der Waals surface area contributed by atoms with Gasteiger partial charge >= 0.3 is 0 Å². The van der Waals surface area contributed by atoms with Crippen molar-refractivity contribution in [2.75, 3.05) is 0 Å². The van der Waals surface area contributed by atoms with Gasteiger partial charge in [-0.15, -0.1) is 0 Å². The van der Waals surface area contributed by atoms with E-state index in [1.54, 1.807) is 0 Å². The van der Waals surface area contributed by atoms with Gasteiger partial charge in [0.2, 0.25) is 6.04 Å². The van der Waals surface area contributed by atoms with Gasteiger partial charge in [0, 0.05) is 11.8 Å². The zero-order valence-electron chi connectivity index (χ0n) is 5.20. The average molecular weight is 155 g/mol. The number of nitro groups is 1. The molecule has 0 unspecified atom stereocenters. The Morgan fingerprint density at radius 3 is 2.10 bits per heavy atom. The molecule has 0 aromatic heterocycles. The van der Waals surface area contributed by atoms with Gasteiger partial charge in [-0.1, -0.05) is 0 Å². The van der Waals surface area contributed by atoms with Gasteiger partial charge in [-0.25, -0.2) is 8.78 Å². The smallest absolute Gasteiger partial charge is 0.270 e. The van der Waals surface area contributed by atoms with Gasteiger partial charge in [0.05, 0.1) is 0 Å². The van der Waals surface area contributed by atoms with Crippen LogP contribution >= 0.6 is 0 Å². The molecule has 0 aromatic rings. The number of hydrogen-bond donors (Lipinski definition) is 1. The first-order valence-electron chi connectivity index (χ1n) is 2.56. The summed E-state index contributed by atoms with van der Waals surface area (Å²) in [7, 11) is 0. The SMILES string of the molecule is C[C@@H]([C@@H](O)C(F)F)[N+](=O)[O-]. The Bertz CT molecular complexity index is 130. The lowest BCUT2D eigenvalue weighted by molar-refractivity contribution is -0.533. The van der Waals surface area contributed by atoms with Crippen molar-refractivity contribution in [1.82, 2.24) is 0 Å². The average Bonchev–Trinajstić information content (AvgIpc) is 1.84. The summed E-state index contributed by atoms with van der Waals surface area (Å²) in [5.74, 6) is 0. The van der Waals surface area contributed by atoms with E-state index in [9.17, 15) is 18.9 Å². The highest BCUT2D eigenvalue weighted by Crippen LogP contribution is 2.06. The fourth-order valence-electron chi connectivity index (χ4n) is 0.335. The van der Waals surface area contributed by atoms with Crippen LogP contribution in [0.1, 0.15) is 6.92 Å². The van der Waals surface area contributed by atoms with Crippen LogP contribution in [-0.2, 0) is 0 Å². The molecule has 0 aliphatic carbocycles. The van der Waals surface area contributed by atoms with Crippen molar-refractivity contribution in [3.63, 3.8) is 0 Å². The Kier molecular flexibility index (Phi) is 3.14. The van der Waals surface area contributed by atoms with Crippen LogP contribution in [0, 0.1) is 10.1 Å². The number of aliphatic hydroxyl groups is 1. The third-order valence-electron chi connectivity index (χ3n) is 1.08. The number of nitrogens with zero attached hydrogens (tertiary/aromatic N) is 1. The van der Waals surface area contributed by atoms with Gasteiger partial charge in [-0.2, -0.15) is 0 Å². The van der Waals surface area contributed by atoms with Crippen LogP contribution in [-0.4, -0.2) is 28.6 Å². The van der Waals surface area contributed by atoms with Crippen LogP contribution in [0.25, 0.3) is 0 Å². The zero-order valence-corrected chi connectivity index (χ0v) is 5.20. The predicted molar refractivity (Wildman–Crippen MR) is 28.5 cm³/mol. The second-order valence-electron chi connectivity index (χ2n) is 1.85. The Labute approximate surface area is 55.6 Å². The summed E-state index contributed by atoms with van der Waals surface area (Å²) in [6.45, 7) is 0.927. The molecule has 0 spiro atoms. The van der Waals surface area contributed by atoms with Gasteiger partial charge in [-0.3, -0.25) is 10.1 Å². The van der Waals surface area contributed by atoms with Crippen molar-refractivity contribution in [2.45, 2.75) is 25.5 Å². The summed E-state index contributed by atoms with van der Waals surface area (Å²) in [5.41, 5.74) is 0. The van der Waals surface area contributed by atoms with Crippen LogP contribution in [0.3, 0.4) is 0 Å². The molecule has 1 N–H and O–H groups in total. The molecular formula is C4H7F2NO3. The minimum absolute atomic E-state index is 0.927. The van der Waals surface area contributed by atoms with Crippen LogP contribution in [0.4, 0.5) is 8.78 Å². The van der Waals surface area contributed by atoms with Crippen molar-refractivity contribution in [1.29, 1.82) is 0 Å². The van der Waals surface area contributed by atoms with Gasteiger partial charge in [0.1, 0.15) is 0 Å². The molecule has 2 atom stereocenters. The number of hydrogen-bond acceptors (Lipinski definition) is 3. The van der Waals surface area contributed by atoms with Crippen LogP contribution in [0.5, 0.6) is 0 Å². The van der Waals surface area contributed by atoms with Gasteiger partial charge < -0.3 is 5.11 Å². The second kappa shape index (κ2) is 3.40. The molecule has 0 saturated heterocycles.